The van der Waals surface area contributed by atoms with Gasteiger partial charge < -0.3 is 10.2 Å². The maximum absolute atomic E-state index is 4.52. The van der Waals surface area contributed by atoms with E-state index in [4.69, 9.17) is 0 Å². The number of hydrogen-bond donors (Lipinski definition) is 1. The monoisotopic (exact) mass is 225 g/mol. The van der Waals surface area contributed by atoms with Crippen LogP contribution in [-0.4, -0.2) is 24.6 Å². The molecule has 1 N–H and O–H groups in total. The van der Waals surface area contributed by atoms with E-state index in [1.54, 1.807) is 0 Å². The van der Waals surface area contributed by atoms with Crippen LogP contribution in [0.15, 0.2) is 6.20 Å². The van der Waals surface area contributed by atoms with Gasteiger partial charge in [0, 0.05) is 30.2 Å². The van der Waals surface area contributed by atoms with Crippen molar-refractivity contribution >= 4 is 16.5 Å². The third-order valence-corrected chi connectivity index (χ3v) is 4.02. The van der Waals surface area contributed by atoms with Crippen molar-refractivity contribution < 1.29 is 0 Å². The molecule has 4 heteroatoms. The normalized spacial score (nSPS) is 21.2. The van der Waals surface area contributed by atoms with E-state index in [1.807, 2.05) is 24.6 Å². The van der Waals surface area contributed by atoms with Crippen LogP contribution < -0.4 is 10.2 Å². The van der Waals surface area contributed by atoms with Gasteiger partial charge in [-0.1, -0.05) is 6.92 Å². The van der Waals surface area contributed by atoms with Crippen molar-refractivity contribution in [1.82, 2.24) is 10.3 Å². The summed E-state index contributed by atoms with van der Waals surface area (Å²) < 4.78 is 0. The molecule has 1 aromatic heterocycles. The summed E-state index contributed by atoms with van der Waals surface area (Å²) in [6.07, 6.45) is 5.89. The summed E-state index contributed by atoms with van der Waals surface area (Å²) in [4.78, 5) is 8.32. The molecule has 1 unspecified atom stereocenters. The predicted octanol–water partition coefficient (Wildman–Crippen LogP) is 2.24. The van der Waals surface area contributed by atoms with Crippen molar-refractivity contribution in [1.29, 1.82) is 0 Å². The Morgan fingerprint density at radius 1 is 1.67 bits per heavy atom. The van der Waals surface area contributed by atoms with Crippen LogP contribution in [-0.2, 0) is 6.54 Å². The lowest BCUT2D eigenvalue weighted by Crippen LogP contribution is -2.28. The molecule has 0 spiro atoms. The minimum atomic E-state index is 0.721. The fourth-order valence-corrected chi connectivity index (χ4v) is 3.22. The minimum absolute atomic E-state index is 0.721. The molecule has 1 aromatic rings. The first-order valence-corrected chi connectivity index (χ1v) is 6.52. The Hall–Kier alpha value is -0.610. The standard InChI is InChI=1S/C11H19N3S/c1-3-9-5-4-6-14(9)11-13-8-10(15-11)7-12-2/h8-9,12H,3-7H2,1-2H3. The molecule has 2 heterocycles. The fourth-order valence-electron chi connectivity index (χ4n) is 2.20. The molecule has 0 aromatic carbocycles. The quantitative estimate of drug-likeness (QED) is 0.852. The molecule has 1 aliphatic heterocycles. The summed E-state index contributed by atoms with van der Waals surface area (Å²) in [7, 11) is 1.98. The third kappa shape index (κ3) is 2.32. The molecule has 1 fully saturated rings. The molecule has 3 nitrogen and oxygen atoms in total. The lowest BCUT2D eigenvalue weighted by molar-refractivity contribution is 0.644. The van der Waals surface area contributed by atoms with Crippen molar-refractivity contribution in [2.24, 2.45) is 0 Å². The molecule has 0 amide bonds. The van der Waals surface area contributed by atoms with Crippen LogP contribution in [0.5, 0.6) is 0 Å². The average molecular weight is 225 g/mol. The molecular weight excluding hydrogens is 206 g/mol. The summed E-state index contributed by atoms with van der Waals surface area (Å²) in [5, 5.41) is 4.38. The van der Waals surface area contributed by atoms with Crippen molar-refractivity contribution in [3.8, 4) is 0 Å². The SMILES string of the molecule is CCC1CCCN1c1ncc(CNC)s1. The van der Waals surface area contributed by atoms with Crippen LogP contribution in [0.1, 0.15) is 31.1 Å². The number of nitrogens with zero attached hydrogens (tertiary/aromatic N) is 2. The highest BCUT2D eigenvalue weighted by atomic mass is 32.1. The summed E-state index contributed by atoms with van der Waals surface area (Å²) in [5.74, 6) is 0. The van der Waals surface area contributed by atoms with Crippen LogP contribution in [0, 0.1) is 0 Å². The number of thiazole rings is 1. The predicted molar refractivity (Wildman–Crippen MR) is 65.5 cm³/mol. The van der Waals surface area contributed by atoms with E-state index >= 15 is 0 Å². The van der Waals surface area contributed by atoms with E-state index in [9.17, 15) is 0 Å². The molecule has 0 bridgehead atoms. The van der Waals surface area contributed by atoms with Crippen molar-refractivity contribution in [3.63, 3.8) is 0 Å². The Bertz CT molecular complexity index is 311. The van der Waals surface area contributed by atoms with E-state index < -0.39 is 0 Å². The molecule has 15 heavy (non-hydrogen) atoms. The Morgan fingerprint density at radius 2 is 2.53 bits per heavy atom. The van der Waals surface area contributed by atoms with Gasteiger partial charge in [-0.3, -0.25) is 0 Å². The molecular formula is C11H19N3S. The van der Waals surface area contributed by atoms with Gasteiger partial charge in [-0.05, 0) is 26.3 Å². The lowest BCUT2D eigenvalue weighted by atomic mass is 10.2. The Labute approximate surface area is 95.5 Å². The van der Waals surface area contributed by atoms with E-state index in [1.165, 1.54) is 35.8 Å². The van der Waals surface area contributed by atoms with Gasteiger partial charge in [0.1, 0.15) is 0 Å². The molecule has 2 rings (SSSR count). The first-order chi connectivity index (χ1) is 7.35. The van der Waals surface area contributed by atoms with Crippen LogP contribution in [0.4, 0.5) is 5.13 Å². The molecule has 0 radical (unpaired) electrons. The molecule has 84 valence electrons. The van der Waals surface area contributed by atoms with Gasteiger partial charge >= 0.3 is 0 Å². The molecule has 0 aliphatic carbocycles. The van der Waals surface area contributed by atoms with Gasteiger partial charge in [0.2, 0.25) is 0 Å². The fraction of sp³-hybridized carbons (Fsp3) is 0.727. The van der Waals surface area contributed by atoms with E-state index in [0.717, 1.165) is 12.6 Å². The minimum Gasteiger partial charge on any atom is -0.345 e. The summed E-state index contributed by atoms with van der Waals surface area (Å²) in [6.45, 7) is 4.39. The van der Waals surface area contributed by atoms with Crippen molar-refractivity contribution in [2.45, 2.75) is 38.8 Å². The molecule has 1 atom stereocenters. The zero-order valence-corrected chi connectivity index (χ0v) is 10.3. The lowest BCUT2D eigenvalue weighted by Gasteiger charge is -2.22. The Morgan fingerprint density at radius 3 is 3.27 bits per heavy atom. The van der Waals surface area contributed by atoms with Crippen molar-refractivity contribution in [2.75, 3.05) is 18.5 Å². The van der Waals surface area contributed by atoms with Crippen LogP contribution in [0.25, 0.3) is 0 Å². The van der Waals surface area contributed by atoms with Crippen molar-refractivity contribution in [3.05, 3.63) is 11.1 Å². The Kier molecular flexibility index (Phi) is 3.59. The topological polar surface area (TPSA) is 28.2 Å². The Balaban J connectivity index is 2.07. The zero-order chi connectivity index (χ0) is 10.7. The van der Waals surface area contributed by atoms with E-state index in [0.29, 0.717) is 0 Å². The maximum atomic E-state index is 4.52. The van der Waals surface area contributed by atoms with Crippen LogP contribution >= 0.6 is 11.3 Å². The number of anilines is 1. The number of nitrogens with one attached hydrogen (secondary N) is 1. The number of rotatable bonds is 4. The summed E-state index contributed by atoms with van der Waals surface area (Å²) >= 11 is 1.83. The molecule has 1 saturated heterocycles. The number of aromatic nitrogens is 1. The number of hydrogen-bond acceptors (Lipinski definition) is 4. The highest BCUT2D eigenvalue weighted by Crippen LogP contribution is 2.30. The molecule has 1 aliphatic rings. The second-order valence-electron chi connectivity index (χ2n) is 4.04. The van der Waals surface area contributed by atoms with E-state index in [-0.39, 0.29) is 0 Å². The summed E-state index contributed by atoms with van der Waals surface area (Å²) in [5.41, 5.74) is 0. The zero-order valence-electron chi connectivity index (χ0n) is 9.49. The average Bonchev–Trinajstić information content (AvgIpc) is 2.84. The van der Waals surface area contributed by atoms with Crippen LogP contribution in [0.2, 0.25) is 0 Å². The first kappa shape index (κ1) is 10.9. The van der Waals surface area contributed by atoms with Gasteiger partial charge in [-0.2, -0.15) is 0 Å². The second kappa shape index (κ2) is 4.94. The smallest absolute Gasteiger partial charge is 0.185 e. The highest BCUT2D eigenvalue weighted by molar-refractivity contribution is 7.15. The molecule has 0 saturated carbocycles. The first-order valence-electron chi connectivity index (χ1n) is 5.71. The summed E-state index contributed by atoms with van der Waals surface area (Å²) in [6, 6.07) is 0.721. The van der Waals surface area contributed by atoms with Crippen LogP contribution in [0.3, 0.4) is 0 Å². The maximum Gasteiger partial charge on any atom is 0.185 e. The van der Waals surface area contributed by atoms with Gasteiger partial charge in [0.25, 0.3) is 0 Å². The van der Waals surface area contributed by atoms with Gasteiger partial charge in [0.05, 0.1) is 0 Å². The largest absolute Gasteiger partial charge is 0.345 e. The second-order valence-corrected chi connectivity index (χ2v) is 5.13. The van der Waals surface area contributed by atoms with Gasteiger partial charge in [0.15, 0.2) is 5.13 Å². The van der Waals surface area contributed by atoms with Gasteiger partial charge in [-0.25, -0.2) is 4.98 Å². The highest BCUT2D eigenvalue weighted by Gasteiger charge is 2.24. The van der Waals surface area contributed by atoms with E-state index in [2.05, 4.69) is 22.1 Å². The third-order valence-electron chi connectivity index (χ3n) is 2.99. The van der Waals surface area contributed by atoms with Gasteiger partial charge in [-0.15, -0.1) is 11.3 Å².